The lowest BCUT2D eigenvalue weighted by Gasteiger charge is -2.29. The predicted molar refractivity (Wildman–Crippen MR) is 77.8 cm³/mol. The van der Waals surface area contributed by atoms with E-state index in [0.717, 1.165) is 5.69 Å². The summed E-state index contributed by atoms with van der Waals surface area (Å²) in [7, 11) is 1.84. The van der Waals surface area contributed by atoms with Crippen molar-refractivity contribution in [3.63, 3.8) is 0 Å². The van der Waals surface area contributed by atoms with Gasteiger partial charge in [0.2, 0.25) is 5.91 Å². The topological polar surface area (TPSA) is 78.6 Å². The lowest BCUT2D eigenvalue weighted by atomic mass is 10.0. The van der Waals surface area contributed by atoms with Crippen molar-refractivity contribution in [3.05, 3.63) is 24.3 Å². The van der Waals surface area contributed by atoms with Crippen LogP contribution in [0.3, 0.4) is 0 Å². The molecule has 0 saturated heterocycles. The third kappa shape index (κ3) is 4.54. The van der Waals surface area contributed by atoms with Gasteiger partial charge in [0.1, 0.15) is 0 Å². The summed E-state index contributed by atoms with van der Waals surface area (Å²) in [4.78, 5) is 14.1. The van der Waals surface area contributed by atoms with Crippen LogP contribution in [-0.2, 0) is 4.79 Å². The largest absolute Gasteiger partial charge is 0.399 e. The zero-order valence-electron chi connectivity index (χ0n) is 11.8. The molecule has 1 aromatic carbocycles. The third-order valence-corrected chi connectivity index (χ3v) is 3.01. The molecular weight excluding hydrogens is 242 g/mol. The third-order valence-electron chi connectivity index (χ3n) is 3.01. The normalized spacial score (nSPS) is 12.7. The molecule has 0 aliphatic rings. The summed E-state index contributed by atoms with van der Waals surface area (Å²) in [6.07, 6.45) is 0. The van der Waals surface area contributed by atoms with E-state index in [0.29, 0.717) is 12.2 Å². The van der Waals surface area contributed by atoms with E-state index in [9.17, 15) is 4.79 Å². The maximum atomic E-state index is 12.3. The number of aliphatic hydroxyl groups is 1. The molecular formula is C14H23N3O2. The van der Waals surface area contributed by atoms with Crippen molar-refractivity contribution < 1.29 is 9.90 Å². The Kier molecular flexibility index (Phi) is 5.79. The SMILES string of the molecule is CC(C)C(C(=O)Nc1ccc(N)cc1)N(C)CCO. The number of carbonyl (C=O) groups is 1. The van der Waals surface area contributed by atoms with E-state index in [-0.39, 0.29) is 24.5 Å². The second-order valence-corrected chi connectivity index (χ2v) is 5.00. The molecule has 0 aromatic heterocycles. The minimum Gasteiger partial charge on any atom is -0.399 e. The fourth-order valence-electron chi connectivity index (χ4n) is 2.09. The van der Waals surface area contributed by atoms with Crippen LogP contribution in [0, 0.1) is 5.92 Å². The van der Waals surface area contributed by atoms with Crippen LogP contribution >= 0.6 is 0 Å². The number of nitrogens with two attached hydrogens (primary N) is 1. The molecule has 0 saturated carbocycles. The summed E-state index contributed by atoms with van der Waals surface area (Å²) in [6, 6.07) is 6.77. The number of aliphatic hydroxyl groups excluding tert-OH is 1. The first-order valence-corrected chi connectivity index (χ1v) is 6.43. The molecule has 5 heteroatoms. The van der Waals surface area contributed by atoms with Gasteiger partial charge in [0.15, 0.2) is 0 Å². The van der Waals surface area contributed by atoms with E-state index < -0.39 is 0 Å². The zero-order chi connectivity index (χ0) is 14.4. The molecule has 1 rings (SSSR count). The minimum atomic E-state index is -0.273. The van der Waals surface area contributed by atoms with Gasteiger partial charge in [-0.1, -0.05) is 13.8 Å². The number of hydrogen-bond donors (Lipinski definition) is 3. The maximum Gasteiger partial charge on any atom is 0.241 e. The van der Waals surface area contributed by atoms with Gasteiger partial charge in [0, 0.05) is 17.9 Å². The quantitative estimate of drug-likeness (QED) is 0.674. The van der Waals surface area contributed by atoms with Crippen molar-refractivity contribution in [2.75, 3.05) is 31.2 Å². The minimum absolute atomic E-state index is 0.0366. The Morgan fingerprint density at radius 2 is 1.95 bits per heavy atom. The molecule has 5 nitrogen and oxygen atoms in total. The van der Waals surface area contributed by atoms with Crippen molar-refractivity contribution in [2.24, 2.45) is 5.92 Å². The lowest BCUT2D eigenvalue weighted by molar-refractivity contribution is -0.122. The first-order chi connectivity index (χ1) is 8.95. The van der Waals surface area contributed by atoms with E-state index in [2.05, 4.69) is 5.32 Å². The van der Waals surface area contributed by atoms with Gasteiger partial charge >= 0.3 is 0 Å². The molecule has 1 aromatic rings. The smallest absolute Gasteiger partial charge is 0.241 e. The predicted octanol–water partition coefficient (Wildman–Crippen LogP) is 1.16. The number of carbonyl (C=O) groups excluding carboxylic acids is 1. The van der Waals surface area contributed by atoms with Crippen LogP contribution in [0.25, 0.3) is 0 Å². The highest BCUT2D eigenvalue weighted by Gasteiger charge is 2.26. The summed E-state index contributed by atoms with van der Waals surface area (Å²) in [5.41, 5.74) is 6.99. The first-order valence-electron chi connectivity index (χ1n) is 6.43. The number of rotatable bonds is 6. The number of anilines is 2. The number of nitrogens with zero attached hydrogens (tertiary/aromatic N) is 1. The summed E-state index contributed by atoms with van der Waals surface area (Å²) in [5.74, 6) is 0.0843. The summed E-state index contributed by atoms with van der Waals surface area (Å²) < 4.78 is 0. The molecule has 1 atom stereocenters. The van der Waals surface area contributed by atoms with Crippen molar-refractivity contribution in [1.29, 1.82) is 0 Å². The fourth-order valence-corrected chi connectivity index (χ4v) is 2.09. The average molecular weight is 265 g/mol. The van der Waals surface area contributed by atoms with Crippen LogP contribution in [-0.4, -0.2) is 42.2 Å². The molecule has 0 bridgehead atoms. The lowest BCUT2D eigenvalue weighted by Crippen LogP contribution is -2.46. The van der Waals surface area contributed by atoms with Gasteiger partial charge in [0.05, 0.1) is 12.6 Å². The van der Waals surface area contributed by atoms with Crippen LogP contribution in [0.1, 0.15) is 13.8 Å². The van der Waals surface area contributed by atoms with E-state index >= 15 is 0 Å². The number of likely N-dealkylation sites (N-methyl/N-ethyl adjacent to an activating group) is 1. The van der Waals surface area contributed by atoms with Crippen LogP contribution in [0.5, 0.6) is 0 Å². The summed E-state index contributed by atoms with van der Waals surface area (Å²) in [5, 5.41) is 11.9. The standard InChI is InChI=1S/C14H23N3O2/c1-10(2)13(17(3)8-9-18)14(19)16-12-6-4-11(15)5-7-12/h4-7,10,13,18H,8-9,15H2,1-3H3,(H,16,19). The number of benzene rings is 1. The number of amides is 1. The van der Waals surface area contributed by atoms with Crippen molar-refractivity contribution in [1.82, 2.24) is 4.90 Å². The van der Waals surface area contributed by atoms with Gasteiger partial charge in [-0.25, -0.2) is 0 Å². The molecule has 19 heavy (non-hydrogen) atoms. The molecule has 1 unspecified atom stereocenters. The Morgan fingerprint density at radius 1 is 1.37 bits per heavy atom. The summed E-state index contributed by atoms with van der Waals surface area (Å²) in [6.45, 7) is 4.48. The molecule has 106 valence electrons. The highest BCUT2D eigenvalue weighted by Crippen LogP contribution is 2.15. The van der Waals surface area contributed by atoms with Gasteiger partial charge in [0.25, 0.3) is 0 Å². The zero-order valence-corrected chi connectivity index (χ0v) is 11.8. The van der Waals surface area contributed by atoms with Crippen LogP contribution < -0.4 is 11.1 Å². The Balaban J connectivity index is 2.74. The number of hydrogen-bond acceptors (Lipinski definition) is 4. The molecule has 0 fully saturated rings. The first kappa shape index (κ1) is 15.5. The molecule has 4 N–H and O–H groups in total. The molecule has 0 heterocycles. The van der Waals surface area contributed by atoms with Gasteiger partial charge in [-0.2, -0.15) is 0 Å². The number of nitrogens with one attached hydrogen (secondary N) is 1. The van der Waals surface area contributed by atoms with Gasteiger partial charge < -0.3 is 16.2 Å². The summed E-state index contributed by atoms with van der Waals surface area (Å²) >= 11 is 0. The van der Waals surface area contributed by atoms with Gasteiger partial charge in [-0.3, -0.25) is 9.69 Å². The van der Waals surface area contributed by atoms with Crippen molar-refractivity contribution in [2.45, 2.75) is 19.9 Å². The molecule has 1 amide bonds. The second kappa shape index (κ2) is 7.11. The Labute approximate surface area is 114 Å². The molecule has 0 spiro atoms. The maximum absolute atomic E-state index is 12.3. The van der Waals surface area contributed by atoms with E-state index in [1.54, 1.807) is 24.3 Å². The molecule has 0 aliphatic carbocycles. The van der Waals surface area contributed by atoms with Crippen LogP contribution in [0.15, 0.2) is 24.3 Å². The van der Waals surface area contributed by atoms with Crippen LogP contribution in [0.2, 0.25) is 0 Å². The molecule has 0 aliphatic heterocycles. The molecule has 0 radical (unpaired) electrons. The highest BCUT2D eigenvalue weighted by molar-refractivity contribution is 5.95. The Hall–Kier alpha value is -1.59. The highest BCUT2D eigenvalue weighted by atomic mass is 16.3. The van der Waals surface area contributed by atoms with Gasteiger partial charge in [-0.15, -0.1) is 0 Å². The average Bonchev–Trinajstić information content (AvgIpc) is 2.32. The number of nitrogen functional groups attached to an aromatic ring is 1. The Morgan fingerprint density at radius 3 is 2.42 bits per heavy atom. The van der Waals surface area contributed by atoms with Gasteiger partial charge in [-0.05, 0) is 37.2 Å². The van der Waals surface area contributed by atoms with Crippen LogP contribution in [0.4, 0.5) is 11.4 Å². The van der Waals surface area contributed by atoms with Crippen molar-refractivity contribution >= 4 is 17.3 Å². The second-order valence-electron chi connectivity index (χ2n) is 5.00. The Bertz CT molecular complexity index is 404. The monoisotopic (exact) mass is 265 g/mol. The van der Waals surface area contributed by atoms with E-state index in [4.69, 9.17) is 10.8 Å². The van der Waals surface area contributed by atoms with Crippen molar-refractivity contribution in [3.8, 4) is 0 Å². The van der Waals surface area contributed by atoms with E-state index in [1.165, 1.54) is 0 Å². The fraction of sp³-hybridized carbons (Fsp3) is 0.500. The van der Waals surface area contributed by atoms with E-state index in [1.807, 2.05) is 25.8 Å².